The summed E-state index contributed by atoms with van der Waals surface area (Å²) in [6.07, 6.45) is 13.8. The Morgan fingerprint density at radius 3 is 1.21 bits per heavy atom. The molecular weight excluding hydrogens is 777 g/mol. The number of amides is 4. The maximum absolute atomic E-state index is 13.5. The molecule has 6 rings (SSSR count). The lowest BCUT2D eigenvalue weighted by Crippen LogP contribution is -2.51. The molecule has 4 aromatic carbocycles. The van der Waals surface area contributed by atoms with E-state index in [9.17, 15) is 19.2 Å². The van der Waals surface area contributed by atoms with Crippen LogP contribution in [0.4, 0.5) is 0 Å². The van der Waals surface area contributed by atoms with Gasteiger partial charge in [-0.3, -0.25) is 19.2 Å². The number of hydrogen-bond donors (Lipinski definition) is 2. The molecule has 4 amide bonds. The maximum atomic E-state index is 13.5. The standard InChI is InChI=1S/2C26H32N2O3/c2*1-4-21-15-9-8-12-19(2)31-24-17-11-10-16-22(24)26(30)28(3)23(25(29)27-21)18-20-13-6-5-7-14-20/h2*5-11,13-14,16-17,19,21,23H,4,12,15,18H2,1-3H3,(H,27,29)/b9-8+;9-8-/t2*19-,21-,23-/m11/s1. The van der Waals surface area contributed by atoms with Crippen LogP contribution in [0.5, 0.6) is 11.5 Å². The van der Waals surface area contributed by atoms with Gasteiger partial charge in [-0.1, -0.05) is 123 Å². The van der Waals surface area contributed by atoms with Crippen molar-refractivity contribution in [3.05, 3.63) is 156 Å². The lowest BCUT2D eigenvalue weighted by molar-refractivity contribution is -0.126. The fourth-order valence-electron chi connectivity index (χ4n) is 7.52. The van der Waals surface area contributed by atoms with Gasteiger partial charge in [0.1, 0.15) is 23.6 Å². The smallest absolute Gasteiger partial charge is 0.258 e. The molecule has 2 heterocycles. The zero-order valence-electron chi connectivity index (χ0n) is 37.2. The van der Waals surface area contributed by atoms with Crippen molar-refractivity contribution in [3.63, 3.8) is 0 Å². The monoisotopic (exact) mass is 840 g/mol. The van der Waals surface area contributed by atoms with Crippen LogP contribution in [0.25, 0.3) is 0 Å². The average molecular weight is 841 g/mol. The zero-order chi connectivity index (χ0) is 44.4. The van der Waals surface area contributed by atoms with Gasteiger partial charge in [0.2, 0.25) is 11.8 Å². The second-order valence-electron chi connectivity index (χ2n) is 16.2. The number of nitrogens with zero attached hydrogens (tertiary/aromatic N) is 2. The molecule has 0 radical (unpaired) electrons. The van der Waals surface area contributed by atoms with Crippen LogP contribution in [-0.4, -0.2) is 83.9 Å². The number of hydrogen-bond acceptors (Lipinski definition) is 6. The van der Waals surface area contributed by atoms with Gasteiger partial charge in [-0.15, -0.1) is 0 Å². The lowest BCUT2D eigenvalue weighted by Gasteiger charge is -2.30. The van der Waals surface area contributed by atoms with Gasteiger partial charge < -0.3 is 29.9 Å². The minimum absolute atomic E-state index is 0.0250. The Labute approximate surface area is 368 Å². The summed E-state index contributed by atoms with van der Waals surface area (Å²) in [4.78, 5) is 56.6. The van der Waals surface area contributed by atoms with Crippen LogP contribution in [0.1, 0.15) is 98.1 Å². The highest BCUT2D eigenvalue weighted by Crippen LogP contribution is 2.26. The minimum atomic E-state index is -0.624. The molecular formula is C52H64N4O6. The van der Waals surface area contributed by atoms with Crippen LogP contribution in [-0.2, 0) is 22.4 Å². The average Bonchev–Trinajstić information content (AvgIpc) is 3.29. The topological polar surface area (TPSA) is 117 Å². The Morgan fingerprint density at radius 2 is 0.839 bits per heavy atom. The number of likely N-dealkylation sites (N-methyl/N-ethyl adjacent to an activating group) is 2. The van der Waals surface area contributed by atoms with E-state index in [1.54, 1.807) is 36.0 Å². The van der Waals surface area contributed by atoms with Crippen molar-refractivity contribution in [2.75, 3.05) is 14.1 Å². The Kier molecular flexibility index (Phi) is 18.0. The van der Waals surface area contributed by atoms with Gasteiger partial charge in [0, 0.05) is 51.9 Å². The number of fused-ring (bicyclic) bond motifs is 2. The summed E-state index contributed by atoms with van der Waals surface area (Å²) in [5.41, 5.74) is 2.95. The molecule has 0 saturated carbocycles. The largest absolute Gasteiger partial charge is 0.490 e. The van der Waals surface area contributed by atoms with E-state index in [0.717, 1.165) is 49.7 Å². The first kappa shape index (κ1) is 46.9. The Bertz CT molecular complexity index is 1970. The third kappa shape index (κ3) is 13.4. The highest BCUT2D eigenvalue weighted by Gasteiger charge is 2.32. The minimum Gasteiger partial charge on any atom is -0.490 e. The van der Waals surface area contributed by atoms with Gasteiger partial charge in [-0.05, 0) is 74.9 Å². The summed E-state index contributed by atoms with van der Waals surface area (Å²) in [7, 11) is 3.39. The second kappa shape index (κ2) is 23.7. The predicted molar refractivity (Wildman–Crippen MR) is 246 cm³/mol. The van der Waals surface area contributed by atoms with Gasteiger partial charge in [0.25, 0.3) is 11.8 Å². The molecule has 2 aliphatic heterocycles. The SMILES string of the molecule is CC[C@@H]1C/C=C/C[C@@H](C)Oc2ccccc2C(=O)N(C)[C@H](Cc2ccccc2)C(=O)N1.CC[C@@H]1C/C=C\C[C@@H](C)Oc2ccccc2C(=O)N(C)[C@H](Cc2ccccc2)C(=O)N1. The van der Waals surface area contributed by atoms with Crippen LogP contribution in [0.3, 0.4) is 0 Å². The van der Waals surface area contributed by atoms with E-state index in [1.807, 2.05) is 111 Å². The van der Waals surface area contributed by atoms with Crippen molar-refractivity contribution in [3.8, 4) is 11.5 Å². The van der Waals surface area contributed by atoms with E-state index >= 15 is 0 Å². The molecule has 10 heteroatoms. The van der Waals surface area contributed by atoms with E-state index in [4.69, 9.17) is 9.47 Å². The first-order valence-electron chi connectivity index (χ1n) is 22.0. The van der Waals surface area contributed by atoms with E-state index in [-0.39, 0.29) is 47.9 Å². The van der Waals surface area contributed by atoms with Gasteiger partial charge >= 0.3 is 0 Å². The van der Waals surface area contributed by atoms with Crippen molar-refractivity contribution in [1.29, 1.82) is 0 Å². The summed E-state index contributed by atoms with van der Waals surface area (Å²) in [5.74, 6) is 0.372. The Hall–Kier alpha value is -6.16. The maximum Gasteiger partial charge on any atom is 0.258 e. The highest BCUT2D eigenvalue weighted by molar-refractivity contribution is 6.00. The number of carbonyl (C=O) groups excluding carboxylic acids is 4. The summed E-state index contributed by atoms with van der Waals surface area (Å²) < 4.78 is 12.2. The Balaban J connectivity index is 0.000000234. The molecule has 62 heavy (non-hydrogen) atoms. The molecule has 2 N–H and O–H groups in total. The number of ether oxygens (including phenoxy) is 2. The first-order valence-corrected chi connectivity index (χ1v) is 22.0. The van der Waals surface area contributed by atoms with E-state index in [0.29, 0.717) is 35.5 Å². The summed E-state index contributed by atoms with van der Waals surface area (Å²) >= 11 is 0. The van der Waals surface area contributed by atoms with Gasteiger partial charge in [0.05, 0.1) is 23.3 Å². The van der Waals surface area contributed by atoms with E-state index in [1.165, 1.54) is 0 Å². The second-order valence-corrected chi connectivity index (χ2v) is 16.2. The number of para-hydroxylation sites is 2. The number of benzene rings is 4. The zero-order valence-corrected chi connectivity index (χ0v) is 37.2. The fraction of sp³-hybridized carbons (Fsp3) is 0.385. The highest BCUT2D eigenvalue weighted by atomic mass is 16.5. The van der Waals surface area contributed by atoms with Crippen LogP contribution in [0, 0.1) is 0 Å². The molecule has 0 bridgehead atoms. The van der Waals surface area contributed by atoms with Crippen molar-refractivity contribution in [1.82, 2.24) is 20.4 Å². The van der Waals surface area contributed by atoms with Gasteiger partial charge in [0.15, 0.2) is 0 Å². The molecule has 0 saturated heterocycles. The van der Waals surface area contributed by atoms with Crippen LogP contribution < -0.4 is 20.1 Å². The number of nitrogens with one attached hydrogen (secondary N) is 2. The lowest BCUT2D eigenvalue weighted by atomic mass is 10.0. The predicted octanol–water partition coefficient (Wildman–Crippen LogP) is 8.76. The molecule has 4 aromatic rings. The molecule has 6 atom stereocenters. The third-order valence-electron chi connectivity index (χ3n) is 11.4. The van der Waals surface area contributed by atoms with Gasteiger partial charge in [-0.25, -0.2) is 0 Å². The fourth-order valence-corrected chi connectivity index (χ4v) is 7.52. The molecule has 0 aliphatic carbocycles. The van der Waals surface area contributed by atoms with Crippen LogP contribution in [0.2, 0.25) is 0 Å². The number of rotatable bonds is 6. The Morgan fingerprint density at radius 1 is 0.500 bits per heavy atom. The van der Waals surface area contributed by atoms with Crippen molar-refractivity contribution in [2.45, 2.75) is 115 Å². The molecule has 2 aliphatic rings. The van der Waals surface area contributed by atoms with Crippen molar-refractivity contribution in [2.24, 2.45) is 0 Å². The van der Waals surface area contributed by atoms with Gasteiger partial charge in [-0.2, -0.15) is 0 Å². The normalized spacial score (nSPS) is 23.8. The summed E-state index contributed by atoms with van der Waals surface area (Å²) in [6, 6.07) is 32.9. The molecule has 328 valence electrons. The van der Waals surface area contributed by atoms with Crippen molar-refractivity contribution < 1.29 is 28.7 Å². The molecule has 0 unspecified atom stereocenters. The summed E-state index contributed by atoms with van der Waals surface area (Å²) in [5, 5.41) is 6.32. The molecule has 0 aromatic heterocycles. The van der Waals surface area contributed by atoms with E-state index < -0.39 is 12.1 Å². The molecule has 10 nitrogen and oxygen atoms in total. The summed E-state index contributed by atoms with van der Waals surface area (Å²) in [6.45, 7) is 8.12. The molecule has 0 fully saturated rings. The first-order chi connectivity index (χ1) is 30.0. The van der Waals surface area contributed by atoms with Crippen LogP contribution >= 0.6 is 0 Å². The van der Waals surface area contributed by atoms with E-state index in [2.05, 4.69) is 48.8 Å². The third-order valence-corrected chi connectivity index (χ3v) is 11.4. The number of carbonyl (C=O) groups is 4. The van der Waals surface area contributed by atoms with Crippen molar-refractivity contribution >= 4 is 23.6 Å². The van der Waals surface area contributed by atoms with Crippen LogP contribution in [0.15, 0.2) is 133 Å². The quantitative estimate of drug-likeness (QED) is 0.188. The molecule has 0 spiro atoms.